The number of benzene rings is 1. The molecule has 0 bridgehead atoms. The summed E-state index contributed by atoms with van der Waals surface area (Å²) in [5.41, 5.74) is -3.20. The van der Waals surface area contributed by atoms with Crippen LogP contribution in [0.2, 0.25) is 0 Å². The lowest BCUT2D eigenvalue weighted by atomic mass is 9.75. The Morgan fingerprint density at radius 1 is 1.13 bits per heavy atom. The number of nitriles is 1. The van der Waals surface area contributed by atoms with Crippen molar-refractivity contribution in [3.8, 4) is 11.8 Å². The van der Waals surface area contributed by atoms with Crippen LogP contribution in [0.25, 0.3) is 0 Å². The van der Waals surface area contributed by atoms with Gasteiger partial charge in [-0.25, -0.2) is 19.3 Å². The van der Waals surface area contributed by atoms with Crippen LogP contribution in [0.3, 0.4) is 0 Å². The molecule has 0 unspecified atom stereocenters. The molecule has 38 heavy (non-hydrogen) atoms. The fraction of sp³-hybridized carbons (Fsp3) is 0.280. The van der Waals surface area contributed by atoms with Crippen LogP contribution in [0, 0.1) is 17.1 Å². The van der Waals surface area contributed by atoms with Crippen molar-refractivity contribution < 1.29 is 27.1 Å². The first-order valence-electron chi connectivity index (χ1n) is 11.5. The van der Waals surface area contributed by atoms with Crippen LogP contribution in [0.5, 0.6) is 5.75 Å². The lowest BCUT2D eigenvalue weighted by Gasteiger charge is -2.43. The van der Waals surface area contributed by atoms with E-state index in [1.807, 2.05) is 0 Å². The molecule has 0 atom stereocenters. The van der Waals surface area contributed by atoms with Gasteiger partial charge in [0.15, 0.2) is 22.4 Å². The van der Waals surface area contributed by atoms with E-state index in [0.717, 1.165) is 11.1 Å². The van der Waals surface area contributed by atoms with Crippen molar-refractivity contribution in [1.82, 2.24) is 15.0 Å². The van der Waals surface area contributed by atoms with Crippen molar-refractivity contribution in [3.05, 3.63) is 71.8 Å². The molecule has 0 radical (unpaired) electrons. The third-order valence-corrected chi connectivity index (χ3v) is 6.88. The average Bonchev–Trinajstić information content (AvgIpc) is 3.11. The van der Waals surface area contributed by atoms with Crippen molar-refractivity contribution in [2.24, 2.45) is 0 Å². The monoisotopic (exact) mass is 542 g/mol. The smallest absolute Gasteiger partial charge is 0.419 e. The Labute approximate surface area is 219 Å². The van der Waals surface area contributed by atoms with Gasteiger partial charge < -0.3 is 9.64 Å². The number of nitrogens with zero attached hydrogens (tertiary/aromatic N) is 6. The Hall–Kier alpha value is -4.18. The third kappa shape index (κ3) is 4.30. The van der Waals surface area contributed by atoms with Crippen LogP contribution in [0.1, 0.15) is 36.3 Å². The molecule has 1 spiro atoms. The zero-order valence-electron chi connectivity index (χ0n) is 19.6. The molecule has 194 valence electrons. The minimum absolute atomic E-state index is 0.0215. The predicted octanol–water partition coefficient (Wildman–Crippen LogP) is 4.58. The lowest BCUT2D eigenvalue weighted by molar-refractivity contribution is -0.138. The molecule has 13 heteroatoms. The fourth-order valence-electron chi connectivity index (χ4n) is 4.55. The first-order valence-corrected chi connectivity index (χ1v) is 11.9. The molecular formula is C25H18F4N6O2S. The molecular weight excluding hydrogens is 524 g/mol. The van der Waals surface area contributed by atoms with Crippen LogP contribution in [-0.4, -0.2) is 38.1 Å². The first-order chi connectivity index (χ1) is 18.2. The molecule has 2 aliphatic rings. The number of hydrogen-bond acceptors (Lipinski definition) is 7. The van der Waals surface area contributed by atoms with Gasteiger partial charge in [-0.3, -0.25) is 9.69 Å². The topological polar surface area (TPSA) is 95.2 Å². The number of alkyl halides is 3. The summed E-state index contributed by atoms with van der Waals surface area (Å²) in [7, 11) is 0. The summed E-state index contributed by atoms with van der Waals surface area (Å²) in [6, 6.07) is 7.90. The van der Waals surface area contributed by atoms with Gasteiger partial charge in [0.05, 0.1) is 24.1 Å². The summed E-state index contributed by atoms with van der Waals surface area (Å²) in [5.74, 6) is -0.703. The van der Waals surface area contributed by atoms with Gasteiger partial charge in [0.1, 0.15) is 17.4 Å². The number of carbonyl (C=O) groups is 1. The molecule has 1 aromatic carbocycles. The number of carbonyl (C=O) groups excluding carboxylic acids is 1. The fourth-order valence-corrected chi connectivity index (χ4v) is 5.02. The highest BCUT2D eigenvalue weighted by atomic mass is 32.1. The number of ether oxygens (including phenoxy) is 1. The standard InChI is InChI=1S/C25H18F4N6O2S/c26-18-12-15(3-4-20(18)37-10-5-21-31-8-2-9-32-21)35-23(38)34(22(36)24(35)6-1-7-24)16-11-17(25(27,28)29)19(13-30)33-14-16/h2-4,8-9,11-12,14H,1,5-7,10H2. The van der Waals surface area contributed by atoms with E-state index in [0.29, 0.717) is 37.6 Å². The molecule has 3 aromatic rings. The number of pyridine rings is 1. The molecule has 3 heterocycles. The Morgan fingerprint density at radius 3 is 2.47 bits per heavy atom. The van der Waals surface area contributed by atoms with E-state index in [-0.39, 0.29) is 28.8 Å². The molecule has 0 N–H and O–H groups in total. The second kappa shape index (κ2) is 9.60. The number of hydrogen-bond donors (Lipinski definition) is 0. The highest BCUT2D eigenvalue weighted by Crippen LogP contribution is 2.48. The summed E-state index contributed by atoms with van der Waals surface area (Å²) >= 11 is 5.54. The Bertz CT molecular complexity index is 1460. The Morgan fingerprint density at radius 2 is 1.87 bits per heavy atom. The summed E-state index contributed by atoms with van der Waals surface area (Å²) < 4.78 is 61.2. The van der Waals surface area contributed by atoms with Gasteiger partial charge in [-0.15, -0.1) is 0 Å². The lowest BCUT2D eigenvalue weighted by Crippen LogP contribution is -2.55. The average molecular weight is 543 g/mol. The van der Waals surface area contributed by atoms with E-state index in [1.54, 1.807) is 24.5 Å². The summed E-state index contributed by atoms with van der Waals surface area (Å²) in [6.45, 7) is 0.131. The van der Waals surface area contributed by atoms with E-state index >= 15 is 4.39 Å². The summed E-state index contributed by atoms with van der Waals surface area (Å²) in [5, 5.41) is 8.94. The van der Waals surface area contributed by atoms with Gasteiger partial charge in [0.25, 0.3) is 5.91 Å². The highest BCUT2D eigenvalue weighted by Gasteiger charge is 2.59. The summed E-state index contributed by atoms with van der Waals surface area (Å²) in [6.07, 6.45) is 1.14. The number of anilines is 2. The zero-order chi connectivity index (χ0) is 27.1. The minimum Gasteiger partial charge on any atom is -0.490 e. The molecule has 5 rings (SSSR count). The number of halogens is 4. The Kier molecular flexibility index (Phi) is 6.44. The number of aromatic nitrogens is 3. The number of rotatable bonds is 6. The van der Waals surface area contributed by atoms with Crippen molar-refractivity contribution in [3.63, 3.8) is 0 Å². The zero-order valence-corrected chi connectivity index (χ0v) is 20.4. The largest absolute Gasteiger partial charge is 0.490 e. The van der Waals surface area contributed by atoms with E-state index in [9.17, 15) is 18.0 Å². The molecule has 1 aliphatic heterocycles. The van der Waals surface area contributed by atoms with Crippen LogP contribution in [-0.2, 0) is 17.4 Å². The van der Waals surface area contributed by atoms with E-state index in [2.05, 4.69) is 15.0 Å². The number of thiocarbonyl (C=S) groups is 1. The van der Waals surface area contributed by atoms with Crippen LogP contribution < -0.4 is 14.5 Å². The van der Waals surface area contributed by atoms with Gasteiger partial charge in [0.2, 0.25) is 0 Å². The quantitative estimate of drug-likeness (QED) is 0.330. The minimum atomic E-state index is -4.86. The Balaban J connectivity index is 1.43. The second-order valence-corrected chi connectivity index (χ2v) is 9.09. The van der Waals surface area contributed by atoms with Crippen molar-refractivity contribution in [1.29, 1.82) is 5.26 Å². The second-order valence-electron chi connectivity index (χ2n) is 8.72. The maximum Gasteiger partial charge on any atom is 0.419 e. The molecule has 8 nitrogen and oxygen atoms in total. The van der Waals surface area contributed by atoms with E-state index in [4.69, 9.17) is 22.2 Å². The van der Waals surface area contributed by atoms with Gasteiger partial charge in [-0.2, -0.15) is 18.4 Å². The van der Waals surface area contributed by atoms with Gasteiger partial charge >= 0.3 is 6.18 Å². The first kappa shape index (κ1) is 25.5. The van der Waals surface area contributed by atoms with Gasteiger partial charge in [-0.05, 0) is 55.7 Å². The number of amides is 1. The van der Waals surface area contributed by atoms with E-state index in [1.165, 1.54) is 23.1 Å². The van der Waals surface area contributed by atoms with Crippen LogP contribution >= 0.6 is 12.2 Å². The molecule has 1 saturated carbocycles. The molecule has 2 fully saturated rings. The van der Waals surface area contributed by atoms with Crippen LogP contribution in [0.15, 0.2) is 48.9 Å². The third-order valence-electron chi connectivity index (χ3n) is 6.51. The van der Waals surface area contributed by atoms with E-state index < -0.39 is 34.7 Å². The summed E-state index contributed by atoms with van der Waals surface area (Å²) in [4.78, 5) is 27.8. The maximum absolute atomic E-state index is 15.0. The maximum atomic E-state index is 15.0. The molecule has 1 aliphatic carbocycles. The van der Waals surface area contributed by atoms with Crippen molar-refractivity contribution in [2.45, 2.75) is 37.4 Å². The van der Waals surface area contributed by atoms with Crippen LogP contribution in [0.4, 0.5) is 28.9 Å². The van der Waals surface area contributed by atoms with Gasteiger partial charge in [0, 0.05) is 30.6 Å². The molecule has 2 aromatic heterocycles. The van der Waals surface area contributed by atoms with Crippen molar-refractivity contribution >= 4 is 34.6 Å². The highest BCUT2D eigenvalue weighted by molar-refractivity contribution is 7.81. The van der Waals surface area contributed by atoms with Crippen molar-refractivity contribution in [2.75, 3.05) is 16.4 Å². The molecule has 1 saturated heterocycles. The van der Waals surface area contributed by atoms with Gasteiger partial charge in [-0.1, -0.05) is 0 Å². The normalized spacial score (nSPS) is 16.5. The predicted molar refractivity (Wildman–Crippen MR) is 131 cm³/mol. The molecule has 1 amide bonds. The SMILES string of the molecule is N#Cc1ncc(N2C(=O)C3(CCC3)N(c3ccc(OCCc4ncccn4)c(F)c3)C2=S)cc1C(F)(F)F.